The maximum Gasteiger partial charge on any atom is 0.0487 e. The summed E-state index contributed by atoms with van der Waals surface area (Å²) in [6.45, 7) is 19.6. The van der Waals surface area contributed by atoms with Crippen molar-refractivity contribution in [1.82, 2.24) is 0 Å². The minimum absolute atomic E-state index is 0.618. The number of hydrogen-bond acceptors (Lipinski definition) is 0. The molecule has 0 nitrogen and oxygen atoms in total. The first-order valence-corrected chi connectivity index (χ1v) is 25.8. The number of allylic oxidation sites excluding steroid dienone is 2. The molecule has 2 aromatic rings. The largest absolute Gasteiger partial charge is 0.0773 e. The average Bonchev–Trinajstić information content (AvgIpc) is 2.92. The lowest BCUT2D eigenvalue weighted by Crippen LogP contribution is -2.23. The van der Waals surface area contributed by atoms with Gasteiger partial charge < -0.3 is 0 Å². The number of benzene rings is 2. The third-order valence-electron chi connectivity index (χ3n) is 8.67. The van der Waals surface area contributed by atoms with Crippen molar-refractivity contribution in [2.45, 2.75) is 168 Å². The van der Waals surface area contributed by atoms with Crippen molar-refractivity contribution < 1.29 is 0 Å². The van der Waals surface area contributed by atoms with Gasteiger partial charge in [-0.25, -0.2) is 0 Å². The van der Waals surface area contributed by atoms with Gasteiger partial charge in [-0.05, 0) is 60.4 Å². The lowest BCUT2D eigenvalue weighted by atomic mass is 9.88. The zero-order valence-electron chi connectivity index (χ0n) is 30.0. The monoisotopic (exact) mass is 619 g/mol. The minimum Gasteiger partial charge on any atom is -0.0773 e. The van der Waals surface area contributed by atoms with Crippen LogP contribution in [0.5, 0.6) is 0 Å². The minimum atomic E-state index is -1.15. The average molecular weight is 619 g/mol. The van der Waals surface area contributed by atoms with E-state index in [2.05, 4.69) is 108 Å². The molecule has 0 N–H and O–H groups in total. The van der Waals surface area contributed by atoms with Gasteiger partial charge in [-0.3, -0.25) is 0 Å². The summed E-state index contributed by atoms with van der Waals surface area (Å²) in [5.74, 6) is 0.618. The second-order valence-electron chi connectivity index (χ2n) is 16.1. The van der Waals surface area contributed by atoms with E-state index in [1.54, 1.807) is 22.3 Å². The standard InChI is InChI=1S/C41H70Si2/c1-9-11-13-14-15-16-17-18-19-21-28-40(41-29-23-27-39(33-41)35-43(6,7)8)32-37(24-20-12-10-2)30-36-25-22-26-38(31-36)34-42(3,4)5/h22-23,25-27,29,31-33,37H,9-21,24,28,30,34-35H2,1-8H3. The summed E-state index contributed by atoms with van der Waals surface area (Å²) >= 11 is 0. The molecule has 0 spiro atoms. The lowest BCUT2D eigenvalue weighted by molar-refractivity contribution is 0.536. The van der Waals surface area contributed by atoms with Gasteiger partial charge in [0.15, 0.2) is 0 Å². The van der Waals surface area contributed by atoms with Gasteiger partial charge in [-0.15, -0.1) is 0 Å². The summed E-state index contributed by atoms with van der Waals surface area (Å²) in [4.78, 5) is 0. The molecule has 0 aliphatic carbocycles. The van der Waals surface area contributed by atoms with E-state index in [0.29, 0.717) is 5.92 Å². The predicted octanol–water partition coefficient (Wildman–Crippen LogP) is 13.7. The van der Waals surface area contributed by atoms with Crippen LogP contribution in [-0.4, -0.2) is 16.1 Å². The lowest BCUT2D eigenvalue weighted by Gasteiger charge is -2.20. The first-order valence-electron chi connectivity index (χ1n) is 18.4. The van der Waals surface area contributed by atoms with E-state index in [0.717, 1.165) is 0 Å². The topological polar surface area (TPSA) is 0 Å². The first-order chi connectivity index (χ1) is 20.5. The normalized spacial score (nSPS) is 13.4. The van der Waals surface area contributed by atoms with Crippen LogP contribution in [0, 0.1) is 5.92 Å². The van der Waals surface area contributed by atoms with Crippen molar-refractivity contribution in [3.63, 3.8) is 0 Å². The van der Waals surface area contributed by atoms with Gasteiger partial charge in [0.2, 0.25) is 0 Å². The Kier molecular flexibility index (Phi) is 18.1. The van der Waals surface area contributed by atoms with Gasteiger partial charge in [0.05, 0.1) is 0 Å². The van der Waals surface area contributed by atoms with Gasteiger partial charge in [0.1, 0.15) is 0 Å². The molecule has 0 aliphatic heterocycles. The van der Waals surface area contributed by atoms with Crippen LogP contribution in [0.3, 0.4) is 0 Å². The summed E-state index contributed by atoms with van der Waals surface area (Å²) in [5, 5.41) is 0. The van der Waals surface area contributed by atoms with Crippen molar-refractivity contribution in [3.05, 3.63) is 76.9 Å². The van der Waals surface area contributed by atoms with Gasteiger partial charge in [0.25, 0.3) is 0 Å². The van der Waals surface area contributed by atoms with Crippen LogP contribution in [0.1, 0.15) is 132 Å². The number of rotatable bonds is 23. The molecule has 0 fully saturated rings. The van der Waals surface area contributed by atoms with Crippen LogP contribution in [-0.2, 0) is 18.5 Å². The van der Waals surface area contributed by atoms with Crippen LogP contribution in [0.4, 0.5) is 0 Å². The molecular weight excluding hydrogens is 549 g/mol. The molecule has 0 radical (unpaired) electrons. The molecule has 0 saturated heterocycles. The molecule has 2 aromatic carbocycles. The Labute approximate surface area is 271 Å². The van der Waals surface area contributed by atoms with Crippen LogP contribution >= 0.6 is 0 Å². The van der Waals surface area contributed by atoms with Gasteiger partial charge >= 0.3 is 0 Å². The smallest absolute Gasteiger partial charge is 0.0487 e. The predicted molar refractivity (Wildman–Crippen MR) is 203 cm³/mol. The van der Waals surface area contributed by atoms with E-state index in [4.69, 9.17) is 0 Å². The van der Waals surface area contributed by atoms with Crippen molar-refractivity contribution in [2.75, 3.05) is 0 Å². The van der Waals surface area contributed by atoms with Crippen molar-refractivity contribution in [2.24, 2.45) is 5.92 Å². The molecule has 1 unspecified atom stereocenters. The van der Waals surface area contributed by atoms with E-state index < -0.39 is 16.1 Å². The Morgan fingerprint density at radius 1 is 0.581 bits per heavy atom. The Hall–Kier alpha value is -1.39. The van der Waals surface area contributed by atoms with E-state index >= 15 is 0 Å². The summed E-state index contributed by atoms with van der Waals surface area (Å²) in [6, 6.07) is 21.9. The van der Waals surface area contributed by atoms with Crippen LogP contribution < -0.4 is 0 Å². The molecule has 0 amide bonds. The highest BCUT2D eigenvalue weighted by Crippen LogP contribution is 2.29. The van der Waals surface area contributed by atoms with Gasteiger partial charge in [0, 0.05) is 16.1 Å². The van der Waals surface area contributed by atoms with Crippen LogP contribution in [0.15, 0.2) is 54.6 Å². The molecule has 43 heavy (non-hydrogen) atoms. The highest BCUT2D eigenvalue weighted by atomic mass is 28.3. The Balaban J connectivity index is 2.21. The Bertz CT molecular complexity index is 1040. The molecule has 242 valence electrons. The summed E-state index contributed by atoms with van der Waals surface area (Å²) in [7, 11) is -2.28. The summed E-state index contributed by atoms with van der Waals surface area (Å²) < 4.78 is 0. The zero-order valence-corrected chi connectivity index (χ0v) is 32.0. The maximum absolute atomic E-state index is 2.74. The molecule has 0 heterocycles. The Morgan fingerprint density at radius 2 is 1.07 bits per heavy atom. The Morgan fingerprint density at radius 3 is 1.65 bits per heavy atom. The van der Waals surface area contributed by atoms with E-state index in [1.807, 2.05) is 0 Å². The number of hydrogen-bond donors (Lipinski definition) is 0. The molecule has 0 saturated carbocycles. The fourth-order valence-corrected chi connectivity index (χ4v) is 9.48. The maximum atomic E-state index is 2.74. The number of unbranched alkanes of at least 4 members (excludes halogenated alkanes) is 11. The molecule has 1 atom stereocenters. The van der Waals surface area contributed by atoms with E-state index in [9.17, 15) is 0 Å². The van der Waals surface area contributed by atoms with Gasteiger partial charge in [-0.1, -0.05) is 196 Å². The van der Waals surface area contributed by atoms with Gasteiger partial charge in [-0.2, -0.15) is 0 Å². The molecule has 0 bridgehead atoms. The van der Waals surface area contributed by atoms with Crippen LogP contribution in [0.2, 0.25) is 39.3 Å². The summed E-state index contributed by atoms with van der Waals surface area (Å²) in [6.07, 6.45) is 24.5. The SMILES string of the molecule is CCCCCCCCCCCCC(=CC(CCCCC)Cc1cccc(C[Si](C)(C)C)c1)c1cccc(C[Si](C)(C)C)c1. The molecule has 0 aromatic heterocycles. The van der Waals surface area contributed by atoms with Crippen molar-refractivity contribution in [3.8, 4) is 0 Å². The second-order valence-corrected chi connectivity index (χ2v) is 27.0. The third-order valence-corrected chi connectivity index (χ3v) is 11.6. The van der Waals surface area contributed by atoms with E-state index in [-0.39, 0.29) is 0 Å². The first kappa shape index (κ1) is 37.8. The van der Waals surface area contributed by atoms with Crippen molar-refractivity contribution >= 4 is 21.7 Å². The third kappa shape index (κ3) is 18.2. The summed E-state index contributed by atoms with van der Waals surface area (Å²) in [5.41, 5.74) is 7.76. The second kappa shape index (κ2) is 20.6. The highest BCUT2D eigenvalue weighted by molar-refractivity contribution is 6.75. The zero-order chi connectivity index (χ0) is 31.6. The quantitative estimate of drug-likeness (QED) is 0.0858. The van der Waals surface area contributed by atoms with E-state index in [1.165, 1.54) is 120 Å². The highest BCUT2D eigenvalue weighted by Gasteiger charge is 2.17. The fourth-order valence-electron chi connectivity index (χ4n) is 6.59. The molecule has 2 rings (SSSR count). The fraction of sp³-hybridized carbons (Fsp3) is 0.659. The molecule has 0 aliphatic rings. The molecule has 2 heteroatoms. The van der Waals surface area contributed by atoms with Crippen molar-refractivity contribution in [1.29, 1.82) is 0 Å². The van der Waals surface area contributed by atoms with Crippen LogP contribution in [0.25, 0.3) is 5.57 Å². The molecular formula is C41H70Si2.